The van der Waals surface area contributed by atoms with E-state index in [0.29, 0.717) is 30.5 Å². The van der Waals surface area contributed by atoms with E-state index in [9.17, 15) is 5.11 Å². The summed E-state index contributed by atoms with van der Waals surface area (Å²) in [7, 11) is 3.89. The number of rotatable bonds is 3. The average molecular weight is 397 g/mol. The number of hydrogen-bond acceptors (Lipinski definition) is 6. The van der Waals surface area contributed by atoms with Crippen molar-refractivity contribution >= 4 is 23.2 Å². The predicted octanol–water partition coefficient (Wildman–Crippen LogP) is 3.97. The minimum absolute atomic E-state index is 0.126. The maximum Gasteiger partial charge on any atom is 0.172 e. The topological polar surface area (TPSA) is 61.7 Å². The minimum Gasteiger partial charge on any atom is -0.504 e. The second-order valence-corrected chi connectivity index (χ2v) is 7.30. The number of phenols is 1. The van der Waals surface area contributed by atoms with E-state index in [1.807, 2.05) is 49.3 Å². The Morgan fingerprint density at radius 3 is 2.71 bits per heavy atom. The summed E-state index contributed by atoms with van der Waals surface area (Å²) in [6, 6.07) is 11.3. The fraction of sp³-hybridized carbons (Fsp3) is 0.238. The Labute approximate surface area is 169 Å². The highest BCUT2D eigenvalue weighted by Crippen LogP contribution is 2.39. The van der Waals surface area contributed by atoms with Crippen molar-refractivity contribution in [1.29, 1.82) is 0 Å². The van der Waals surface area contributed by atoms with Gasteiger partial charge in [-0.05, 0) is 35.4 Å². The fourth-order valence-electron chi connectivity index (χ4n) is 3.38. The molecule has 0 amide bonds. The van der Waals surface area contributed by atoms with E-state index in [0.717, 1.165) is 28.3 Å². The molecule has 2 aromatic carbocycles. The molecule has 0 saturated heterocycles. The van der Waals surface area contributed by atoms with Gasteiger partial charge in [0, 0.05) is 43.6 Å². The van der Waals surface area contributed by atoms with Gasteiger partial charge in [-0.2, -0.15) is 0 Å². The molecule has 0 unspecified atom stereocenters. The van der Waals surface area contributed by atoms with Gasteiger partial charge < -0.3 is 19.6 Å². The van der Waals surface area contributed by atoms with E-state index in [4.69, 9.17) is 16.3 Å². The number of hydrogen-bond donors (Lipinski definition) is 1. The van der Waals surface area contributed by atoms with Crippen LogP contribution in [0.3, 0.4) is 0 Å². The molecule has 144 valence electrons. The third kappa shape index (κ3) is 3.55. The molecular formula is C21H21ClN4O2. The number of nitrogens with zero attached hydrogens (tertiary/aromatic N) is 4. The van der Waals surface area contributed by atoms with E-state index in [-0.39, 0.29) is 5.75 Å². The molecule has 2 heterocycles. The molecule has 1 N–H and O–H groups in total. The van der Waals surface area contributed by atoms with Crippen LogP contribution in [0.1, 0.15) is 5.56 Å². The highest BCUT2D eigenvalue weighted by Gasteiger charge is 2.23. The van der Waals surface area contributed by atoms with Gasteiger partial charge in [0.1, 0.15) is 6.61 Å². The number of anilines is 2. The van der Waals surface area contributed by atoms with Gasteiger partial charge in [-0.15, -0.1) is 0 Å². The van der Waals surface area contributed by atoms with Crippen LogP contribution in [-0.2, 0) is 6.54 Å². The molecule has 28 heavy (non-hydrogen) atoms. The van der Waals surface area contributed by atoms with Gasteiger partial charge >= 0.3 is 0 Å². The van der Waals surface area contributed by atoms with Crippen LogP contribution in [0.4, 0.5) is 11.6 Å². The Balaban J connectivity index is 1.75. The largest absolute Gasteiger partial charge is 0.504 e. The highest BCUT2D eigenvalue weighted by atomic mass is 35.5. The first-order chi connectivity index (χ1) is 13.5. The number of ether oxygens (including phenoxy) is 1. The van der Waals surface area contributed by atoms with Gasteiger partial charge in [-0.3, -0.25) is 0 Å². The zero-order valence-corrected chi connectivity index (χ0v) is 16.5. The molecule has 1 aliphatic heterocycles. The summed E-state index contributed by atoms with van der Waals surface area (Å²) >= 11 is 6.14. The van der Waals surface area contributed by atoms with Gasteiger partial charge in [0.05, 0.1) is 6.54 Å². The van der Waals surface area contributed by atoms with Crippen molar-refractivity contribution in [2.24, 2.45) is 0 Å². The van der Waals surface area contributed by atoms with Crippen molar-refractivity contribution in [3.63, 3.8) is 0 Å². The third-order valence-electron chi connectivity index (χ3n) is 4.66. The highest BCUT2D eigenvalue weighted by molar-refractivity contribution is 6.30. The lowest BCUT2D eigenvalue weighted by Crippen LogP contribution is -2.28. The summed E-state index contributed by atoms with van der Waals surface area (Å²) in [4.78, 5) is 13.0. The molecule has 1 aromatic heterocycles. The molecule has 4 rings (SSSR count). The number of benzene rings is 2. The minimum atomic E-state index is 0.126. The fourth-order valence-corrected chi connectivity index (χ4v) is 3.57. The van der Waals surface area contributed by atoms with Crippen molar-refractivity contribution in [3.05, 3.63) is 59.4 Å². The van der Waals surface area contributed by atoms with Crippen LogP contribution in [-0.4, -0.2) is 42.3 Å². The Hall–Kier alpha value is -2.99. The number of halogens is 1. The molecule has 0 fully saturated rings. The molecule has 0 saturated carbocycles. The van der Waals surface area contributed by atoms with Gasteiger partial charge in [0.2, 0.25) is 0 Å². The van der Waals surface area contributed by atoms with Crippen LogP contribution in [0, 0.1) is 0 Å². The van der Waals surface area contributed by atoms with Crippen molar-refractivity contribution in [2.45, 2.75) is 6.54 Å². The molecule has 0 atom stereocenters. The standard InChI is InChI=1S/C21H21ClN4O2/c1-25(2)20-21(24-7-6-23-20)26-8-9-28-19-16(13-26)10-15(12-18(19)27)14-4-3-5-17(22)11-14/h3-7,10-12,27H,8-9,13H2,1-2H3. The lowest BCUT2D eigenvalue weighted by atomic mass is 10.0. The first kappa shape index (κ1) is 18.4. The predicted molar refractivity (Wildman–Crippen MR) is 111 cm³/mol. The summed E-state index contributed by atoms with van der Waals surface area (Å²) in [6.07, 6.45) is 3.37. The van der Waals surface area contributed by atoms with Gasteiger partial charge in [-0.25, -0.2) is 9.97 Å². The summed E-state index contributed by atoms with van der Waals surface area (Å²) in [5, 5.41) is 11.2. The molecule has 3 aromatic rings. The normalized spacial score (nSPS) is 13.5. The molecule has 0 aliphatic carbocycles. The van der Waals surface area contributed by atoms with Crippen LogP contribution in [0.15, 0.2) is 48.8 Å². The molecule has 0 spiro atoms. The second-order valence-electron chi connectivity index (χ2n) is 6.86. The monoisotopic (exact) mass is 396 g/mol. The second kappa shape index (κ2) is 7.56. The Bertz CT molecular complexity index is 1010. The van der Waals surface area contributed by atoms with E-state index in [1.165, 1.54) is 0 Å². The summed E-state index contributed by atoms with van der Waals surface area (Å²) in [6.45, 7) is 1.64. The molecule has 1 aliphatic rings. The van der Waals surface area contributed by atoms with Crippen molar-refractivity contribution in [3.8, 4) is 22.6 Å². The summed E-state index contributed by atoms with van der Waals surface area (Å²) in [5.41, 5.74) is 2.72. The molecule has 7 heteroatoms. The molecule has 0 bridgehead atoms. The quantitative estimate of drug-likeness (QED) is 0.722. The van der Waals surface area contributed by atoms with Crippen molar-refractivity contribution in [1.82, 2.24) is 9.97 Å². The van der Waals surface area contributed by atoms with E-state index in [2.05, 4.69) is 14.9 Å². The zero-order valence-electron chi connectivity index (χ0n) is 15.8. The maximum atomic E-state index is 10.6. The van der Waals surface area contributed by atoms with Crippen molar-refractivity contribution < 1.29 is 9.84 Å². The van der Waals surface area contributed by atoms with Crippen LogP contribution in [0.2, 0.25) is 5.02 Å². The van der Waals surface area contributed by atoms with E-state index >= 15 is 0 Å². The Kier molecular flexibility index (Phi) is 4.96. The van der Waals surface area contributed by atoms with Gasteiger partial charge in [0.25, 0.3) is 0 Å². The van der Waals surface area contributed by atoms with E-state index < -0.39 is 0 Å². The summed E-state index contributed by atoms with van der Waals surface area (Å²) < 4.78 is 5.87. The Morgan fingerprint density at radius 1 is 1.11 bits per heavy atom. The molecule has 0 radical (unpaired) electrons. The molecular weight excluding hydrogens is 376 g/mol. The third-order valence-corrected chi connectivity index (χ3v) is 4.89. The number of fused-ring (bicyclic) bond motifs is 1. The van der Waals surface area contributed by atoms with Crippen LogP contribution in [0.5, 0.6) is 11.5 Å². The first-order valence-electron chi connectivity index (χ1n) is 9.01. The van der Waals surface area contributed by atoms with E-state index in [1.54, 1.807) is 18.5 Å². The Morgan fingerprint density at radius 2 is 1.93 bits per heavy atom. The SMILES string of the molecule is CN(C)c1nccnc1N1CCOc2c(O)cc(-c3cccc(Cl)c3)cc2C1. The smallest absolute Gasteiger partial charge is 0.172 e. The zero-order chi connectivity index (χ0) is 19.7. The van der Waals surface area contributed by atoms with Gasteiger partial charge in [0.15, 0.2) is 23.1 Å². The number of aromatic hydroxyl groups is 1. The van der Waals surface area contributed by atoms with Crippen molar-refractivity contribution in [2.75, 3.05) is 37.0 Å². The van der Waals surface area contributed by atoms with Gasteiger partial charge in [-0.1, -0.05) is 23.7 Å². The average Bonchev–Trinajstić information content (AvgIpc) is 2.91. The summed E-state index contributed by atoms with van der Waals surface area (Å²) in [5.74, 6) is 2.22. The lowest BCUT2D eigenvalue weighted by Gasteiger charge is -2.25. The van der Waals surface area contributed by atoms with Crippen LogP contribution in [0.25, 0.3) is 11.1 Å². The molecule has 6 nitrogen and oxygen atoms in total. The lowest BCUT2D eigenvalue weighted by molar-refractivity contribution is 0.311. The van der Waals surface area contributed by atoms with Crippen LogP contribution >= 0.6 is 11.6 Å². The number of aromatic nitrogens is 2. The van der Waals surface area contributed by atoms with Crippen LogP contribution < -0.4 is 14.5 Å². The first-order valence-corrected chi connectivity index (χ1v) is 9.38. The number of phenolic OH excluding ortho intramolecular Hbond substituents is 1. The maximum absolute atomic E-state index is 10.6.